The van der Waals surface area contributed by atoms with Crippen molar-refractivity contribution in [3.8, 4) is 16.3 Å². The summed E-state index contributed by atoms with van der Waals surface area (Å²) in [7, 11) is 0. The van der Waals surface area contributed by atoms with Crippen molar-refractivity contribution in [2.45, 2.75) is 18.8 Å². The van der Waals surface area contributed by atoms with Gasteiger partial charge in [0.15, 0.2) is 11.6 Å². The van der Waals surface area contributed by atoms with Gasteiger partial charge in [0.2, 0.25) is 0 Å². The molecule has 144 valence electrons. The summed E-state index contributed by atoms with van der Waals surface area (Å²) in [6.45, 7) is 1.25. The number of rotatable bonds is 5. The number of nitrogens with zero attached hydrogens (tertiary/aromatic N) is 4. The third-order valence-corrected chi connectivity index (χ3v) is 5.78. The van der Waals surface area contributed by atoms with Crippen molar-refractivity contribution in [2.75, 3.05) is 19.7 Å². The predicted octanol–water partition coefficient (Wildman–Crippen LogP) is 3.52. The van der Waals surface area contributed by atoms with Gasteiger partial charge in [0.05, 0.1) is 6.20 Å². The molecule has 1 saturated heterocycles. The minimum absolute atomic E-state index is 0.0188. The Kier molecular flexibility index (Phi) is 5.57. The Morgan fingerprint density at radius 2 is 2.14 bits per heavy atom. The molecule has 2 aromatic heterocycles. The summed E-state index contributed by atoms with van der Waals surface area (Å²) in [5.41, 5.74) is 0.458. The molecule has 4 rings (SSSR count). The van der Waals surface area contributed by atoms with E-state index in [4.69, 9.17) is 4.74 Å². The van der Waals surface area contributed by atoms with Gasteiger partial charge in [-0.3, -0.25) is 9.78 Å². The molecule has 6 nitrogen and oxygen atoms in total. The Bertz CT molecular complexity index is 950. The van der Waals surface area contributed by atoms with Crippen LogP contribution in [0.3, 0.4) is 0 Å². The lowest BCUT2D eigenvalue weighted by molar-refractivity contribution is -0.134. The van der Waals surface area contributed by atoms with Crippen LogP contribution in [0.5, 0.6) is 5.75 Å². The number of carbonyl (C=O) groups is 1. The number of likely N-dealkylation sites (tertiary alicyclic amines) is 1. The summed E-state index contributed by atoms with van der Waals surface area (Å²) in [5, 5.41) is 9.83. The van der Waals surface area contributed by atoms with E-state index in [1.54, 1.807) is 47.6 Å². The van der Waals surface area contributed by atoms with E-state index in [9.17, 15) is 9.18 Å². The van der Waals surface area contributed by atoms with Gasteiger partial charge in [0.1, 0.15) is 16.6 Å². The molecular formula is C20H19FN4O2S. The summed E-state index contributed by atoms with van der Waals surface area (Å²) >= 11 is 1.39. The van der Waals surface area contributed by atoms with Crippen LogP contribution in [0, 0.1) is 5.82 Å². The molecule has 1 amide bonds. The van der Waals surface area contributed by atoms with E-state index in [1.165, 1.54) is 17.4 Å². The van der Waals surface area contributed by atoms with Gasteiger partial charge < -0.3 is 9.64 Å². The summed E-state index contributed by atoms with van der Waals surface area (Å²) < 4.78 is 19.5. The molecule has 1 aliphatic rings. The average molecular weight is 398 g/mol. The molecule has 1 aromatic carbocycles. The quantitative estimate of drug-likeness (QED) is 0.658. The molecule has 0 spiro atoms. The van der Waals surface area contributed by atoms with Crippen molar-refractivity contribution in [3.05, 3.63) is 59.6 Å². The minimum atomic E-state index is -0.307. The normalized spacial score (nSPS) is 16.8. The predicted molar refractivity (Wildman–Crippen MR) is 104 cm³/mol. The molecule has 1 unspecified atom stereocenters. The fourth-order valence-electron chi connectivity index (χ4n) is 3.22. The van der Waals surface area contributed by atoms with E-state index in [2.05, 4.69) is 15.2 Å². The Hall–Kier alpha value is -2.87. The molecule has 0 saturated carbocycles. The average Bonchev–Trinajstić information content (AvgIpc) is 3.23. The second kappa shape index (κ2) is 8.43. The molecule has 8 heteroatoms. The number of piperidine rings is 1. The highest BCUT2D eigenvalue weighted by atomic mass is 32.1. The first-order valence-electron chi connectivity index (χ1n) is 9.09. The lowest BCUT2D eigenvalue weighted by Gasteiger charge is -2.31. The van der Waals surface area contributed by atoms with Crippen LogP contribution < -0.4 is 4.74 Å². The highest BCUT2D eigenvalue weighted by Gasteiger charge is 2.27. The Labute approximate surface area is 166 Å². The Morgan fingerprint density at radius 1 is 1.25 bits per heavy atom. The monoisotopic (exact) mass is 398 g/mol. The first kappa shape index (κ1) is 18.5. The molecule has 3 aromatic rings. The van der Waals surface area contributed by atoms with Gasteiger partial charge in [-0.2, -0.15) is 0 Å². The number of carbonyl (C=O) groups excluding carboxylic acids is 1. The van der Waals surface area contributed by atoms with Crippen molar-refractivity contribution in [3.63, 3.8) is 0 Å². The lowest BCUT2D eigenvalue weighted by Crippen LogP contribution is -2.41. The lowest BCUT2D eigenvalue weighted by atomic mass is 9.99. The zero-order chi connectivity index (χ0) is 19.3. The van der Waals surface area contributed by atoms with Crippen LogP contribution >= 0.6 is 11.3 Å². The number of aromatic nitrogens is 3. The van der Waals surface area contributed by atoms with E-state index in [0.717, 1.165) is 17.8 Å². The molecule has 0 N–H and O–H groups in total. The topological polar surface area (TPSA) is 68.2 Å². The van der Waals surface area contributed by atoms with E-state index in [-0.39, 0.29) is 24.2 Å². The summed E-state index contributed by atoms with van der Waals surface area (Å²) in [5.74, 6) is 0.308. The Balaban J connectivity index is 1.40. The maximum atomic E-state index is 14.0. The molecule has 0 radical (unpaired) electrons. The van der Waals surface area contributed by atoms with Gasteiger partial charge >= 0.3 is 0 Å². The molecule has 0 bridgehead atoms. The number of amides is 1. The van der Waals surface area contributed by atoms with Crippen LogP contribution in [0.15, 0.2) is 48.8 Å². The van der Waals surface area contributed by atoms with Crippen molar-refractivity contribution in [1.29, 1.82) is 0 Å². The minimum Gasteiger partial charge on any atom is -0.482 e. The van der Waals surface area contributed by atoms with Gasteiger partial charge in [-0.15, -0.1) is 10.2 Å². The molecule has 1 aliphatic heterocycles. The van der Waals surface area contributed by atoms with Gasteiger partial charge in [0.25, 0.3) is 5.91 Å². The number of hydrogen-bond donors (Lipinski definition) is 0. The summed E-state index contributed by atoms with van der Waals surface area (Å²) in [6, 6.07) is 10.1. The zero-order valence-electron chi connectivity index (χ0n) is 15.1. The summed E-state index contributed by atoms with van der Waals surface area (Å²) in [6.07, 6.45) is 5.05. The first-order chi connectivity index (χ1) is 13.7. The van der Waals surface area contributed by atoms with Crippen LogP contribution in [0.4, 0.5) is 4.39 Å². The van der Waals surface area contributed by atoms with Crippen molar-refractivity contribution in [2.24, 2.45) is 0 Å². The van der Waals surface area contributed by atoms with Crippen LogP contribution in [0.1, 0.15) is 23.8 Å². The third-order valence-electron chi connectivity index (χ3n) is 4.66. The van der Waals surface area contributed by atoms with Crippen LogP contribution in [0.25, 0.3) is 10.6 Å². The van der Waals surface area contributed by atoms with Crippen molar-refractivity contribution in [1.82, 2.24) is 20.1 Å². The number of halogens is 1. The number of benzene rings is 1. The Morgan fingerprint density at radius 3 is 2.96 bits per heavy atom. The van der Waals surface area contributed by atoms with Crippen LogP contribution in [-0.4, -0.2) is 45.7 Å². The van der Waals surface area contributed by atoms with Gasteiger partial charge in [-0.05, 0) is 37.1 Å². The fraction of sp³-hybridized carbons (Fsp3) is 0.300. The SMILES string of the molecule is O=C(COc1cccnc1)N1CCCC(c2nnc(-c3ccccc3F)s2)C1. The van der Waals surface area contributed by atoms with Crippen molar-refractivity contribution < 1.29 is 13.9 Å². The van der Waals surface area contributed by atoms with E-state index < -0.39 is 0 Å². The van der Waals surface area contributed by atoms with E-state index in [1.807, 2.05) is 0 Å². The zero-order valence-corrected chi connectivity index (χ0v) is 15.9. The van der Waals surface area contributed by atoms with E-state index in [0.29, 0.717) is 29.4 Å². The van der Waals surface area contributed by atoms with Gasteiger partial charge in [-0.1, -0.05) is 23.5 Å². The smallest absolute Gasteiger partial charge is 0.260 e. The largest absolute Gasteiger partial charge is 0.482 e. The van der Waals surface area contributed by atoms with E-state index >= 15 is 0 Å². The first-order valence-corrected chi connectivity index (χ1v) is 9.91. The number of hydrogen-bond acceptors (Lipinski definition) is 6. The second-order valence-corrected chi connectivity index (χ2v) is 7.59. The molecule has 1 fully saturated rings. The molecular weight excluding hydrogens is 379 g/mol. The molecule has 1 atom stereocenters. The highest BCUT2D eigenvalue weighted by Crippen LogP contribution is 2.33. The maximum Gasteiger partial charge on any atom is 0.260 e. The van der Waals surface area contributed by atoms with Crippen molar-refractivity contribution >= 4 is 17.2 Å². The molecule has 0 aliphatic carbocycles. The number of ether oxygens (including phenoxy) is 1. The molecule has 28 heavy (non-hydrogen) atoms. The second-order valence-electron chi connectivity index (χ2n) is 6.58. The molecule has 3 heterocycles. The standard InChI is InChI=1S/C20H19FN4O2S/c21-17-8-2-1-7-16(17)20-24-23-19(28-20)14-5-4-10-25(12-14)18(26)13-27-15-6-3-9-22-11-15/h1-3,6-9,11,14H,4-5,10,12-13H2. The third kappa shape index (κ3) is 4.17. The fourth-order valence-corrected chi connectivity index (χ4v) is 4.21. The van der Waals surface area contributed by atoms with Gasteiger partial charge in [0, 0.05) is 30.8 Å². The van der Waals surface area contributed by atoms with Crippen LogP contribution in [-0.2, 0) is 4.79 Å². The maximum absolute atomic E-state index is 14.0. The number of pyridine rings is 1. The highest BCUT2D eigenvalue weighted by molar-refractivity contribution is 7.14. The summed E-state index contributed by atoms with van der Waals surface area (Å²) in [4.78, 5) is 18.3. The van der Waals surface area contributed by atoms with Crippen LogP contribution in [0.2, 0.25) is 0 Å². The van der Waals surface area contributed by atoms with Gasteiger partial charge in [-0.25, -0.2) is 4.39 Å².